The van der Waals surface area contributed by atoms with Crippen LogP contribution in [0.2, 0.25) is 0 Å². The van der Waals surface area contributed by atoms with E-state index >= 15 is 0 Å². The first-order chi connectivity index (χ1) is 15.0. The van der Waals surface area contributed by atoms with Gasteiger partial charge in [0.05, 0.1) is 13.2 Å². The van der Waals surface area contributed by atoms with E-state index in [1.54, 1.807) is 25.3 Å². The molecular weight excluding hydrogens is 455 g/mol. The number of rotatable bonds is 9. The maximum atomic E-state index is 11.7. The summed E-state index contributed by atoms with van der Waals surface area (Å²) in [6.45, 7) is 14.2. The van der Waals surface area contributed by atoms with Crippen LogP contribution in [0.4, 0.5) is 0 Å². The van der Waals surface area contributed by atoms with Crippen molar-refractivity contribution >= 4 is 31.8 Å². The fraction of sp³-hybridized carbons (Fsp3) is 0.700. The fourth-order valence-electron chi connectivity index (χ4n) is 3.56. The van der Waals surface area contributed by atoms with Gasteiger partial charge in [-0.1, -0.05) is 6.58 Å². The molecule has 0 radical (unpaired) electrons. The topological polar surface area (TPSA) is 85.0 Å². The van der Waals surface area contributed by atoms with E-state index in [1.807, 2.05) is 6.92 Å². The third-order valence-corrected chi connectivity index (χ3v) is 7.43. The molecule has 0 aromatic heterocycles. The van der Waals surface area contributed by atoms with Gasteiger partial charge < -0.3 is 28.7 Å². The van der Waals surface area contributed by atoms with Crippen molar-refractivity contribution < 1.29 is 28.2 Å². The number of ether oxygens (including phenoxy) is 2. The first-order valence-electron chi connectivity index (χ1n) is 10.4. The average Bonchev–Trinajstić information content (AvgIpc) is 3.01. The molecule has 2 aliphatic rings. The smallest absolute Gasteiger partial charge is 0.284 e. The lowest BCUT2D eigenvalue weighted by Crippen LogP contribution is -2.49. The van der Waals surface area contributed by atoms with Crippen molar-refractivity contribution in [1.29, 1.82) is 0 Å². The van der Waals surface area contributed by atoms with E-state index in [1.165, 1.54) is 18.2 Å². The summed E-state index contributed by atoms with van der Waals surface area (Å²) in [4.78, 5) is 18.5. The fourth-order valence-corrected chi connectivity index (χ4v) is 5.38. The average molecular weight is 491 g/mol. The standard InChI is InChI=1S/C20H35N4O6PS/c1-12(2)24(13(3)4)31(27-9)30-17-14(5)28-19(18(17)29-20(32)22(7)26-8)23-11-10-16(25)21-15(23)6/h10-14,17-19H,6H2,1-5,7-9H3,(H,21,25)/t14-,17?,18+,19-,31?/m1/s1. The van der Waals surface area contributed by atoms with Gasteiger partial charge in [0, 0.05) is 38.5 Å². The number of thiocarbonyl (C=S) groups is 1. The number of hydrogen-bond donors (Lipinski definition) is 1. The van der Waals surface area contributed by atoms with Gasteiger partial charge in [-0.25, -0.2) is 9.73 Å². The van der Waals surface area contributed by atoms with Crippen LogP contribution in [0.3, 0.4) is 0 Å². The molecule has 32 heavy (non-hydrogen) atoms. The molecule has 0 saturated carbocycles. The van der Waals surface area contributed by atoms with Crippen LogP contribution >= 0.6 is 20.7 Å². The molecule has 2 rings (SSSR count). The lowest BCUT2D eigenvalue weighted by molar-refractivity contribution is -0.118. The molecule has 0 bridgehead atoms. The van der Waals surface area contributed by atoms with E-state index in [4.69, 9.17) is 35.6 Å². The zero-order chi connectivity index (χ0) is 24.2. The monoisotopic (exact) mass is 490 g/mol. The molecule has 12 heteroatoms. The van der Waals surface area contributed by atoms with Crippen molar-refractivity contribution in [3.63, 3.8) is 0 Å². The Balaban J connectivity index is 2.36. The molecule has 2 unspecified atom stereocenters. The van der Waals surface area contributed by atoms with E-state index in [0.29, 0.717) is 5.82 Å². The van der Waals surface area contributed by atoms with Crippen molar-refractivity contribution in [2.45, 2.75) is 71.2 Å². The largest absolute Gasteiger partial charge is 0.458 e. The molecule has 5 atom stereocenters. The lowest BCUT2D eigenvalue weighted by Gasteiger charge is -2.38. The zero-order valence-electron chi connectivity index (χ0n) is 20.0. The molecule has 1 amide bonds. The highest BCUT2D eigenvalue weighted by Gasteiger charge is 2.51. The Morgan fingerprint density at radius 2 is 1.91 bits per heavy atom. The summed E-state index contributed by atoms with van der Waals surface area (Å²) >= 11 is 5.39. The Labute approximate surface area is 197 Å². The van der Waals surface area contributed by atoms with Gasteiger partial charge in [0.25, 0.3) is 19.6 Å². The summed E-state index contributed by atoms with van der Waals surface area (Å²) in [6.07, 6.45) is 0.813. The van der Waals surface area contributed by atoms with Crippen molar-refractivity contribution in [1.82, 2.24) is 20.0 Å². The van der Waals surface area contributed by atoms with E-state index in [2.05, 4.69) is 44.3 Å². The molecule has 2 aliphatic heterocycles. The lowest BCUT2D eigenvalue weighted by atomic mass is 10.1. The van der Waals surface area contributed by atoms with Gasteiger partial charge >= 0.3 is 0 Å². The highest BCUT2D eigenvalue weighted by Crippen LogP contribution is 2.49. The molecule has 0 spiro atoms. The first-order valence-corrected chi connectivity index (χ1v) is 11.9. The van der Waals surface area contributed by atoms with Crippen LogP contribution in [0, 0.1) is 0 Å². The van der Waals surface area contributed by atoms with Gasteiger partial charge in [-0.05, 0) is 46.8 Å². The van der Waals surface area contributed by atoms with Crippen molar-refractivity contribution in [3.8, 4) is 0 Å². The Kier molecular flexibility index (Phi) is 9.84. The quantitative estimate of drug-likeness (QED) is 0.296. The number of carbonyl (C=O) groups is 1. The van der Waals surface area contributed by atoms with Crippen LogP contribution < -0.4 is 5.32 Å². The molecule has 1 saturated heterocycles. The summed E-state index contributed by atoms with van der Waals surface area (Å²) in [6, 6.07) is 0.407. The van der Waals surface area contributed by atoms with Gasteiger partial charge in [-0.15, -0.1) is 0 Å². The predicted molar refractivity (Wildman–Crippen MR) is 126 cm³/mol. The van der Waals surface area contributed by atoms with Gasteiger partial charge in [-0.3, -0.25) is 9.63 Å². The van der Waals surface area contributed by atoms with Crippen LogP contribution in [0.5, 0.6) is 0 Å². The molecule has 182 valence electrons. The van der Waals surface area contributed by atoms with Crippen molar-refractivity contribution in [2.24, 2.45) is 0 Å². The number of carbonyl (C=O) groups excluding carboxylic acids is 1. The zero-order valence-corrected chi connectivity index (χ0v) is 21.7. The second-order valence-electron chi connectivity index (χ2n) is 7.98. The molecule has 2 heterocycles. The number of hydrogen-bond acceptors (Lipinski definition) is 9. The van der Waals surface area contributed by atoms with Crippen molar-refractivity contribution in [2.75, 3.05) is 21.3 Å². The molecule has 0 aromatic carbocycles. The normalized spacial score (nSPS) is 26.8. The van der Waals surface area contributed by atoms with E-state index in [-0.39, 0.29) is 29.3 Å². The predicted octanol–water partition coefficient (Wildman–Crippen LogP) is 2.69. The Morgan fingerprint density at radius 3 is 2.41 bits per heavy atom. The SMILES string of the molecule is C=C1NC(=O)C=CN1[C@@H]1O[C@H](C)C(OP(OC)N(C(C)C)C(C)C)[C@@H]1OC(=S)N(C)OC. The third-order valence-electron chi connectivity index (χ3n) is 5.04. The molecule has 10 nitrogen and oxygen atoms in total. The molecule has 0 aromatic rings. The third kappa shape index (κ3) is 6.17. The molecule has 1 N–H and O–H groups in total. The molecular formula is C20H35N4O6PS. The van der Waals surface area contributed by atoms with Crippen LogP contribution in [-0.4, -0.2) is 83.6 Å². The van der Waals surface area contributed by atoms with E-state index in [9.17, 15) is 4.79 Å². The van der Waals surface area contributed by atoms with E-state index in [0.717, 1.165) is 0 Å². The Bertz CT molecular complexity index is 716. The first kappa shape index (κ1) is 26.9. The minimum Gasteiger partial charge on any atom is -0.458 e. The summed E-state index contributed by atoms with van der Waals surface area (Å²) in [7, 11) is 3.36. The Morgan fingerprint density at radius 1 is 1.28 bits per heavy atom. The van der Waals surface area contributed by atoms with Gasteiger partial charge in [-0.2, -0.15) is 0 Å². The minimum atomic E-state index is -1.41. The maximum Gasteiger partial charge on any atom is 0.284 e. The van der Waals surface area contributed by atoms with Crippen LogP contribution in [0.25, 0.3) is 0 Å². The van der Waals surface area contributed by atoms with Crippen molar-refractivity contribution in [3.05, 3.63) is 24.7 Å². The summed E-state index contributed by atoms with van der Waals surface area (Å²) in [5.41, 5.74) is 0. The minimum absolute atomic E-state index is 0.121. The second-order valence-corrected chi connectivity index (χ2v) is 9.84. The summed E-state index contributed by atoms with van der Waals surface area (Å²) < 4.78 is 26.8. The van der Waals surface area contributed by atoms with Crippen LogP contribution in [0.1, 0.15) is 34.6 Å². The highest BCUT2D eigenvalue weighted by atomic mass is 32.1. The molecule has 0 aliphatic carbocycles. The number of amides is 1. The number of nitrogens with one attached hydrogen (secondary N) is 1. The summed E-state index contributed by atoms with van der Waals surface area (Å²) in [5, 5.41) is 4.13. The number of hydroxylamine groups is 2. The maximum absolute atomic E-state index is 11.7. The van der Waals surface area contributed by atoms with E-state index < -0.39 is 27.0 Å². The van der Waals surface area contributed by atoms with Crippen LogP contribution in [0.15, 0.2) is 24.7 Å². The second kappa shape index (κ2) is 11.7. The summed E-state index contributed by atoms with van der Waals surface area (Å²) in [5.74, 6) is 0.111. The Hall–Kier alpha value is -1.33. The van der Waals surface area contributed by atoms with Crippen LogP contribution in [-0.2, 0) is 28.2 Å². The highest BCUT2D eigenvalue weighted by molar-refractivity contribution is 7.79. The van der Waals surface area contributed by atoms with Gasteiger partial charge in [0.15, 0.2) is 12.3 Å². The van der Waals surface area contributed by atoms with Gasteiger partial charge in [0.2, 0.25) is 0 Å². The van der Waals surface area contributed by atoms with Gasteiger partial charge in [0.1, 0.15) is 11.9 Å². The molecule has 1 fully saturated rings. The number of nitrogens with zero attached hydrogens (tertiary/aromatic N) is 3.